The zero-order chi connectivity index (χ0) is 7.82. The Hall–Kier alpha value is -0.600. The van der Waals surface area contributed by atoms with Crippen LogP contribution in [0.4, 0.5) is 4.39 Å². The number of alkyl halides is 1. The van der Waals surface area contributed by atoms with Crippen LogP contribution in [0.5, 0.6) is 0 Å². The van der Waals surface area contributed by atoms with E-state index in [0.29, 0.717) is 0 Å². The zero-order valence-corrected chi connectivity index (χ0v) is 6.56. The van der Waals surface area contributed by atoms with Gasteiger partial charge in [-0.1, -0.05) is 19.0 Å². The molecular weight excluding hydrogens is 133 g/mol. The fraction of sp³-hybridized carbons (Fsp3) is 0.857. The molecule has 0 radical (unpaired) electrons. The molecule has 0 heterocycles. The Morgan fingerprint density at radius 1 is 1.40 bits per heavy atom. The number of oxime groups is 1. The van der Waals surface area contributed by atoms with Crippen molar-refractivity contribution in [3.8, 4) is 0 Å². The van der Waals surface area contributed by atoms with Crippen LogP contribution < -0.4 is 0 Å². The molecule has 10 heavy (non-hydrogen) atoms. The molecule has 60 valence electrons. The molecule has 0 unspecified atom stereocenters. The fourth-order valence-corrected chi connectivity index (χ4v) is 0.551. The minimum absolute atomic E-state index is 0.0729. The second-order valence-electron chi connectivity index (χ2n) is 1.89. The van der Waals surface area contributed by atoms with E-state index in [4.69, 9.17) is 0 Å². The molecule has 0 bridgehead atoms. The normalized spacial score (nSPS) is 9.10. The van der Waals surface area contributed by atoms with Gasteiger partial charge < -0.3 is 4.84 Å². The SMILES string of the molecule is CCC(CC)=NOCCF. The van der Waals surface area contributed by atoms with E-state index in [-0.39, 0.29) is 6.61 Å². The molecule has 0 amide bonds. The van der Waals surface area contributed by atoms with Gasteiger partial charge in [-0.25, -0.2) is 4.39 Å². The van der Waals surface area contributed by atoms with Gasteiger partial charge in [0.25, 0.3) is 0 Å². The van der Waals surface area contributed by atoms with Gasteiger partial charge in [0, 0.05) is 0 Å². The molecule has 0 spiro atoms. The standard InChI is InChI=1S/C7H14FNO/c1-3-7(4-2)9-10-6-5-8/h3-6H2,1-2H3. The van der Waals surface area contributed by atoms with Gasteiger partial charge in [-0.05, 0) is 12.8 Å². The number of nitrogens with zero attached hydrogens (tertiary/aromatic N) is 1. The van der Waals surface area contributed by atoms with E-state index in [1.54, 1.807) is 0 Å². The number of rotatable bonds is 5. The van der Waals surface area contributed by atoms with Crippen molar-refractivity contribution in [1.82, 2.24) is 0 Å². The molecule has 0 aromatic carbocycles. The highest BCUT2D eigenvalue weighted by Crippen LogP contribution is 1.92. The van der Waals surface area contributed by atoms with Crippen LogP contribution in [-0.4, -0.2) is 19.0 Å². The van der Waals surface area contributed by atoms with Gasteiger partial charge in [-0.3, -0.25) is 0 Å². The zero-order valence-electron chi connectivity index (χ0n) is 6.56. The van der Waals surface area contributed by atoms with Gasteiger partial charge >= 0.3 is 0 Å². The molecule has 0 rings (SSSR count). The average Bonchev–Trinajstić information content (AvgIpc) is 1.99. The van der Waals surface area contributed by atoms with Crippen molar-refractivity contribution < 1.29 is 9.23 Å². The summed E-state index contributed by atoms with van der Waals surface area (Å²) in [5.74, 6) is 0. The molecule has 0 aromatic rings. The van der Waals surface area contributed by atoms with Crippen LogP contribution in [0, 0.1) is 0 Å². The topological polar surface area (TPSA) is 21.6 Å². The first-order valence-corrected chi connectivity index (χ1v) is 3.58. The van der Waals surface area contributed by atoms with E-state index in [2.05, 4.69) is 9.99 Å². The Balaban J connectivity index is 3.43. The van der Waals surface area contributed by atoms with Crippen LogP contribution in [0.25, 0.3) is 0 Å². The molecule has 0 saturated heterocycles. The lowest BCUT2D eigenvalue weighted by Gasteiger charge is -1.98. The van der Waals surface area contributed by atoms with E-state index in [1.165, 1.54) is 0 Å². The maximum atomic E-state index is 11.5. The van der Waals surface area contributed by atoms with Gasteiger partial charge in [0.1, 0.15) is 13.3 Å². The van der Waals surface area contributed by atoms with Crippen molar-refractivity contribution in [2.75, 3.05) is 13.3 Å². The molecule has 3 heteroatoms. The molecule has 2 nitrogen and oxygen atoms in total. The van der Waals surface area contributed by atoms with Crippen LogP contribution in [0.15, 0.2) is 5.16 Å². The highest BCUT2D eigenvalue weighted by atomic mass is 19.1. The summed E-state index contributed by atoms with van der Waals surface area (Å²) >= 11 is 0. The summed E-state index contributed by atoms with van der Waals surface area (Å²) < 4.78 is 11.5. The molecular formula is C7H14FNO. The smallest absolute Gasteiger partial charge is 0.145 e. The van der Waals surface area contributed by atoms with Gasteiger partial charge in [0.05, 0.1) is 5.71 Å². The maximum Gasteiger partial charge on any atom is 0.145 e. The van der Waals surface area contributed by atoms with E-state index >= 15 is 0 Å². The third-order valence-electron chi connectivity index (χ3n) is 1.18. The maximum absolute atomic E-state index is 11.5. The predicted octanol–water partition coefficient (Wildman–Crippen LogP) is 2.15. The van der Waals surface area contributed by atoms with Crippen molar-refractivity contribution in [2.45, 2.75) is 26.7 Å². The van der Waals surface area contributed by atoms with Gasteiger partial charge in [-0.2, -0.15) is 0 Å². The first kappa shape index (κ1) is 9.40. The summed E-state index contributed by atoms with van der Waals surface area (Å²) in [4.78, 5) is 4.64. The molecule has 0 fully saturated rings. The summed E-state index contributed by atoms with van der Waals surface area (Å²) in [5.41, 5.74) is 0.980. The minimum atomic E-state index is -0.468. The molecule has 0 aromatic heterocycles. The number of halogens is 1. The lowest BCUT2D eigenvalue weighted by molar-refractivity contribution is 0.127. The second kappa shape index (κ2) is 6.52. The lowest BCUT2D eigenvalue weighted by Crippen LogP contribution is -1.97. The second-order valence-corrected chi connectivity index (χ2v) is 1.89. The highest BCUT2D eigenvalue weighted by molar-refractivity contribution is 5.83. The monoisotopic (exact) mass is 147 g/mol. The van der Waals surface area contributed by atoms with Crippen LogP contribution >= 0.6 is 0 Å². The average molecular weight is 147 g/mol. The van der Waals surface area contributed by atoms with Crippen molar-refractivity contribution >= 4 is 5.71 Å². The van der Waals surface area contributed by atoms with Crippen molar-refractivity contribution in [1.29, 1.82) is 0 Å². The van der Waals surface area contributed by atoms with Crippen molar-refractivity contribution in [3.05, 3.63) is 0 Å². The Morgan fingerprint density at radius 3 is 2.40 bits per heavy atom. The van der Waals surface area contributed by atoms with Gasteiger partial charge in [0.15, 0.2) is 0 Å². The van der Waals surface area contributed by atoms with Crippen LogP contribution in [0.1, 0.15) is 26.7 Å². The highest BCUT2D eigenvalue weighted by Gasteiger charge is 1.90. The van der Waals surface area contributed by atoms with E-state index in [9.17, 15) is 4.39 Å². The van der Waals surface area contributed by atoms with E-state index < -0.39 is 6.67 Å². The first-order valence-electron chi connectivity index (χ1n) is 3.58. The Bertz CT molecular complexity index is 97.8. The third-order valence-corrected chi connectivity index (χ3v) is 1.18. The van der Waals surface area contributed by atoms with Crippen LogP contribution in [0.2, 0.25) is 0 Å². The summed E-state index contributed by atoms with van der Waals surface area (Å²) in [6.45, 7) is 3.61. The Labute approximate surface area is 61.1 Å². The molecule has 0 N–H and O–H groups in total. The quantitative estimate of drug-likeness (QED) is 0.331. The Kier molecular flexibility index (Phi) is 6.13. The van der Waals surface area contributed by atoms with Crippen LogP contribution in [0.3, 0.4) is 0 Å². The number of hydrogen-bond donors (Lipinski definition) is 0. The first-order chi connectivity index (χ1) is 4.85. The molecule has 0 aliphatic rings. The summed E-state index contributed by atoms with van der Waals surface area (Å²) in [7, 11) is 0. The van der Waals surface area contributed by atoms with Crippen molar-refractivity contribution in [2.24, 2.45) is 5.16 Å². The summed E-state index contributed by atoms with van der Waals surface area (Å²) in [6.07, 6.45) is 1.76. The van der Waals surface area contributed by atoms with E-state index in [0.717, 1.165) is 18.6 Å². The summed E-state index contributed by atoms with van der Waals surface area (Å²) in [5, 5.41) is 3.73. The fourth-order valence-electron chi connectivity index (χ4n) is 0.551. The molecule has 0 aliphatic heterocycles. The van der Waals surface area contributed by atoms with E-state index in [1.807, 2.05) is 13.8 Å². The number of hydrogen-bond acceptors (Lipinski definition) is 2. The van der Waals surface area contributed by atoms with Gasteiger partial charge in [0.2, 0.25) is 0 Å². The summed E-state index contributed by atoms with van der Waals surface area (Å²) in [6, 6.07) is 0. The van der Waals surface area contributed by atoms with Crippen LogP contribution in [-0.2, 0) is 4.84 Å². The van der Waals surface area contributed by atoms with Gasteiger partial charge in [-0.15, -0.1) is 0 Å². The minimum Gasteiger partial charge on any atom is -0.393 e. The molecule has 0 aliphatic carbocycles. The Morgan fingerprint density at radius 2 is 2.00 bits per heavy atom. The predicted molar refractivity (Wildman–Crippen MR) is 39.9 cm³/mol. The largest absolute Gasteiger partial charge is 0.393 e. The van der Waals surface area contributed by atoms with Crippen molar-refractivity contribution in [3.63, 3.8) is 0 Å². The molecule has 0 atom stereocenters. The lowest BCUT2D eigenvalue weighted by atomic mass is 10.2. The third kappa shape index (κ3) is 4.30. The molecule has 0 saturated carbocycles.